The van der Waals surface area contributed by atoms with E-state index in [1.54, 1.807) is 0 Å². The van der Waals surface area contributed by atoms with Crippen LogP contribution in [0.1, 0.15) is 6.23 Å². The summed E-state index contributed by atoms with van der Waals surface area (Å²) in [7, 11) is 0. The van der Waals surface area contributed by atoms with Crippen LogP contribution in [0.15, 0.2) is 20.9 Å². The van der Waals surface area contributed by atoms with Crippen LogP contribution in [-0.4, -0.2) is 54.6 Å². The van der Waals surface area contributed by atoms with E-state index in [2.05, 4.69) is 15.1 Å². The number of hydrogen-bond donors (Lipinski definition) is 4. The van der Waals surface area contributed by atoms with Gasteiger partial charge in [0.2, 0.25) is 5.72 Å². The number of azide groups is 1. The van der Waals surface area contributed by atoms with Crippen molar-refractivity contribution in [2.45, 2.75) is 24.2 Å². The highest BCUT2D eigenvalue weighted by Gasteiger charge is 2.55. The van der Waals surface area contributed by atoms with E-state index in [1.165, 1.54) is 0 Å². The van der Waals surface area contributed by atoms with Gasteiger partial charge in [0.05, 0.1) is 6.61 Å². The van der Waals surface area contributed by atoms with Gasteiger partial charge < -0.3 is 20.1 Å². The molecule has 2 heterocycles. The number of H-pyrrole nitrogens is 1. The molecule has 0 spiro atoms. The molecular formula is C8H10N6O6. The summed E-state index contributed by atoms with van der Waals surface area (Å²) < 4.78 is 5.63. The fourth-order valence-corrected chi connectivity index (χ4v) is 1.83. The van der Waals surface area contributed by atoms with Crippen LogP contribution in [0.5, 0.6) is 0 Å². The normalized spacial score (nSPS) is 32.9. The van der Waals surface area contributed by atoms with Crippen molar-refractivity contribution >= 4 is 0 Å². The van der Waals surface area contributed by atoms with Gasteiger partial charge in [0.25, 0.3) is 5.56 Å². The second kappa shape index (κ2) is 5.03. The minimum absolute atomic E-state index is 0.555. The van der Waals surface area contributed by atoms with Gasteiger partial charge in [0.15, 0.2) is 6.23 Å². The molecule has 0 radical (unpaired) electrons. The van der Waals surface area contributed by atoms with Crippen molar-refractivity contribution in [2.75, 3.05) is 6.61 Å². The highest BCUT2D eigenvalue weighted by atomic mass is 16.6. The number of aromatic amines is 1. The summed E-state index contributed by atoms with van der Waals surface area (Å²) in [5.74, 6) is 0. The Balaban J connectivity index is 2.47. The van der Waals surface area contributed by atoms with E-state index in [9.17, 15) is 24.9 Å². The van der Waals surface area contributed by atoms with Crippen molar-refractivity contribution in [1.82, 2.24) is 14.8 Å². The zero-order valence-corrected chi connectivity index (χ0v) is 9.82. The fourth-order valence-electron chi connectivity index (χ4n) is 1.83. The molecule has 2 rings (SSSR count). The SMILES string of the molecule is [N-]=[N+]=NC1(CO)OC(n2ncc(=O)[nH]c2=O)C(O)C1O. The van der Waals surface area contributed by atoms with Crippen molar-refractivity contribution < 1.29 is 20.1 Å². The number of rotatable bonds is 3. The maximum atomic E-state index is 11.5. The number of nitrogens with zero attached hydrogens (tertiary/aromatic N) is 5. The van der Waals surface area contributed by atoms with Crippen LogP contribution in [0, 0.1) is 0 Å². The first-order valence-corrected chi connectivity index (χ1v) is 5.34. The molecule has 0 bridgehead atoms. The van der Waals surface area contributed by atoms with Gasteiger partial charge in [-0.05, 0) is 5.53 Å². The average molecular weight is 286 g/mol. The molecule has 1 fully saturated rings. The largest absolute Gasteiger partial charge is 0.393 e. The molecule has 1 aromatic rings. The van der Waals surface area contributed by atoms with E-state index < -0.39 is 42.0 Å². The van der Waals surface area contributed by atoms with Crippen LogP contribution < -0.4 is 11.2 Å². The Kier molecular flexibility index (Phi) is 3.57. The summed E-state index contributed by atoms with van der Waals surface area (Å²) in [5.41, 5.74) is 4.52. The molecule has 1 saturated heterocycles. The van der Waals surface area contributed by atoms with Gasteiger partial charge >= 0.3 is 5.69 Å². The molecule has 4 N–H and O–H groups in total. The zero-order chi connectivity index (χ0) is 14.9. The minimum atomic E-state index is -2.14. The monoisotopic (exact) mass is 286 g/mol. The summed E-state index contributed by atoms with van der Waals surface area (Å²) >= 11 is 0. The molecule has 1 aliphatic rings. The van der Waals surface area contributed by atoms with E-state index in [-0.39, 0.29) is 0 Å². The highest BCUT2D eigenvalue weighted by molar-refractivity contribution is 4.99. The van der Waals surface area contributed by atoms with Gasteiger partial charge in [-0.15, -0.1) is 0 Å². The standard InChI is InChI=1S/C8H10N6O6/c9-13-12-8(2-15)5(18)4(17)6(20-8)14-7(19)11-3(16)1-10-14/h1,4-6,15,17-18H,2H2,(H,11,16,19). The number of aliphatic hydroxyl groups excluding tert-OH is 3. The summed E-state index contributed by atoms with van der Waals surface area (Å²) in [6.07, 6.45) is -4.26. The molecule has 12 heteroatoms. The molecule has 4 atom stereocenters. The van der Waals surface area contributed by atoms with Crippen molar-refractivity contribution in [3.63, 3.8) is 0 Å². The Morgan fingerprint density at radius 2 is 2.30 bits per heavy atom. The van der Waals surface area contributed by atoms with Crippen LogP contribution in [-0.2, 0) is 4.74 Å². The Hall–Kier alpha value is -2.24. The molecule has 0 aliphatic carbocycles. The molecule has 12 nitrogen and oxygen atoms in total. The zero-order valence-electron chi connectivity index (χ0n) is 9.82. The highest BCUT2D eigenvalue weighted by Crippen LogP contribution is 2.37. The van der Waals surface area contributed by atoms with Gasteiger partial charge in [-0.2, -0.15) is 9.78 Å². The maximum absolute atomic E-state index is 11.5. The van der Waals surface area contributed by atoms with Crippen molar-refractivity contribution in [3.8, 4) is 0 Å². The van der Waals surface area contributed by atoms with E-state index in [0.29, 0.717) is 4.68 Å². The third-order valence-electron chi connectivity index (χ3n) is 2.82. The van der Waals surface area contributed by atoms with Gasteiger partial charge in [0, 0.05) is 4.91 Å². The molecular weight excluding hydrogens is 276 g/mol. The fraction of sp³-hybridized carbons (Fsp3) is 0.625. The molecule has 0 aromatic carbocycles. The topological polar surface area (TPSA) is 186 Å². The lowest BCUT2D eigenvalue weighted by molar-refractivity contribution is -0.128. The molecule has 1 aliphatic heterocycles. The first-order valence-electron chi connectivity index (χ1n) is 5.34. The Labute approximate surface area is 109 Å². The van der Waals surface area contributed by atoms with Gasteiger partial charge in [-0.25, -0.2) is 4.79 Å². The van der Waals surface area contributed by atoms with E-state index in [0.717, 1.165) is 6.20 Å². The third kappa shape index (κ3) is 2.07. The summed E-state index contributed by atoms with van der Waals surface area (Å²) in [6.45, 7) is -0.927. The molecule has 1 aromatic heterocycles. The predicted octanol–water partition coefficient (Wildman–Crippen LogP) is -2.82. The Morgan fingerprint density at radius 1 is 1.60 bits per heavy atom. The van der Waals surface area contributed by atoms with Gasteiger partial charge in [-0.3, -0.25) is 9.78 Å². The van der Waals surface area contributed by atoms with Crippen molar-refractivity contribution in [3.05, 3.63) is 37.5 Å². The number of hydrogen-bond acceptors (Lipinski definition) is 8. The molecule has 0 saturated carbocycles. The second-order valence-corrected chi connectivity index (χ2v) is 4.02. The Morgan fingerprint density at radius 3 is 2.85 bits per heavy atom. The minimum Gasteiger partial charge on any atom is -0.393 e. The van der Waals surface area contributed by atoms with Crippen molar-refractivity contribution in [2.24, 2.45) is 5.11 Å². The van der Waals surface area contributed by atoms with Gasteiger partial charge in [-0.1, -0.05) is 5.11 Å². The second-order valence-electron chi connectivity index (χ2n) is 4.02. The summed E-state index contributed by atoms with van der Waals surface area (Å²) in [5, 5.41) is 35.4. The lowest BCUT2D eigenvalue weighted by atomic mass is 10.1. The van der Waals surface area contributed by atoms with Crippen LogP contribution in [0.3, 0.4) is 0 Å². The Bertz CT molecular complexity index is 664. The molecule has 4 unspecified atom stereocenters. The lowest BCUT2D eigenvalue weighted by Gasteiger charge is -2.23. The number of aromatic nitrogens is 3. The van der Waals surface area contributed by atoms with Crippen LogP contribution >= 0.6 is 0 Å². The van der Waals surface area contributed by atoms with Crippen LogP contribution in [0.2, 0.25) is 0 Å². The third-order valence-corrected chi connectivity index (χ3v) is 2.82. The quantitative estimate of drug-likeness (QED) is 0.262. The number of aliphatic hydroxyl groups is 3. The molecule has 108 valence electrons. The molecule has 20 heavy (non-hydrogen) atoms. The van der Waals surface area contributed by atoms with E-state index in [4.69, 9.17) is 10.3 Å². The van der Waals surface area contributed by atoms with Crippen molar-refractivity contribution in [1.29, 1.82) is 0 Å². The first kappa shape index (κ1) is 14.2. The summed E-state index contributed by atoms with van der Waals surface area (Å²) in [6, 6.07) is 0. The molecule has 0 amide bonds. The number of ether oxygens (including phenoxy) is 1. The number of nitrogens with one attached hydrogen (secondary N) is 1. The van der Waals surface area contributed by atoms with E-state index >= 15 is 0 Å². The average Bonchev–Trinajstić information content (AvgIpc) is 2.65. The van der Waals surface area contributed by atoms with E-state index in [1.807, 2.05) is 4.98 Å². The maximum Gasteiger partial charge on any atom is 0.347 e. The van der Waals surface area contributed by atoms with Crippen LogP contribution in [0.25, 0.3) is 10.4 Å². The lowest BCUT2D eigenvalue weighted by Crippen LogP contribution is -2.44. The predicted molar refractivity (Wildman–Crippen MR) is 60.2 cm³/mol. The smallest absolute Gasteiger partial charge is 0.347 e. The van der Waals surface area contributed by atoms with Gasteiger partial charge in [0.1, 0.15) is 18.4 Å². The summed E-state index contributed by atoms with van der Waals surface area (Å²) in [4.78, 5) is 26.7. The van der Waals surface area contributed by atoms with Crippen LogP contribution in [0.4, 0.5) is 0 Å². The first-order chi connectivity index (χ1) is 9.45.